The molecule has 1 heterocycles. The predicted octanol–water partition coefficient (Wildman–Crippen LogP) is 6.40. The largest absolute Gasteiger partial charge is 0.324 e. The lowest BCUT2D eigenvalue weighted by atomic mass is 9.74. The van der Waals surface area contributed by atoms with Crippen molar-refractivity contribution >= 4 is 0 Å². The zero-order valence-corrected chi connectivity index (χ0v) is 19.8. The summed E-state index contributed by atoms with van der Waals surface area (Å²) in [6.45, 7) is 1.84. The Balaban J connectivity index is 1.68. The molecule has 1 saturated heterocycles. The van der Waals surface area contributed by atoms with Crippen LogP contribution in [-0.2, 0) is 12.0 Å². The molecule has 2 nitrogen and oxygen atoms in total. The number of rotatable bonds is 6. The molecule has 0 bridgehead atoms. The third kappa shape index (κ3) is 4.44. The van der Waals surface area contributed by atoms with Crippen LogP contribution < -0.4 is 5.73 Å². The molecule has 4 aromatic rings. The molecule has 0 saturated carbocycles. The van der Waals surface area contributed by atoms with Gasteiger partial charge in [0.05, 0.1) is 5.54 Å². The average Bonchev–Trinajstić information content (AvgIpc) is 3.09. The first-order valence-corrected chi connectivity index (χ1v) is 12.5. The summed E-state index contributed by atoms with van der Waals surface area (Å²) in [5.41, 5.74) is 11.8. The Hall–Kier alpha value is -3.20. The molecule has 1 atom stereocenters. The second-order valence-corrected chi connectivity index (χ2v) is 9.71. The number of benzene rings is 4. The highest BCUT2D eigenvalue weighted by molar-refractivity contribution is 5.50. The van der Waals surface area contributed by atoms with Gasteiger partial charge in [0.25, 0.3) is 0 Å². The van der Waals surface area contributed by atoms with Crippen LogP contribution in [-0.4, -0.2) is 23.5 Å². The Morgan fingerprint density at radius 2 is 1.06 bits per heavy atom. The quantitative estimate of drug-likeness (QED) is 0.347. The van der Waals surface area contributed by atoms with E-state index in [2.05, 4.69) is 126 Å². The van der Waals surface area contributed by atoms with Crippen LogP contribution in [0, 0.1) is 0 Å². The van der Waals surface area contributed by atoms with E-state index in [1.54, 1.807) is 0 Å². The van der Waals surface area contributed by atoms with Gasteiger partial charge in [0.1, 0.15) is 0 Å². The average molecular weight is 447 g/mol. The van der Waals surface area contributed by atoms with Crippen molar-refractivity contribution in [1.82, 2.24) is 4.90 Å². The highest BCUT2D eigenvalue weighted by Crippen LogP contribution is 2.44. The van der Waals surface area contributed by atoms with Gasteiger partial charge in [-0.25, -0.2) is 0 Å². The summed E-state index contributed by atoms with van der Waals surface area (Å²) in [7, 11) is 0. The van der Waals surface area contributed by atoms with Crippen molar-refractivity contribution in [2.24, 2.45) is 5.73 Å². The number of hydrogen-bond acceptors (Lipinski definition) is 2. The fourth-order valence-corrected chi connectivity index (χ4v) is 5.84. The van der Waals surface area contributed by atoms with Crippen molar-refractivity contribution in [3.63, 3.8) is 0 Å². The minimum atomic E-state index is -0.407. The maximum absolute atomic E-state index is 7.27. The number of nitrogens with zero attached hydrogens (tertiary/aromatic N) is 1. The van der Waals surface area contributed by atoms with E-state index in [-0.39, 0.29) is 5.54 Å². The zero-order chi connectivity index (χ0) is 23.3. The summed E-state index contributed by atoms with van der Waals surface area (Å²) in [5, 5.41) is 0. The van der Waals surface area contributed by atoms with E-state index in [1.807, 2.05) is 0 Å². The van der Waals surface area contributed by atoms with Crippen LogP contribution in [0.2, 0.25) is 0 Å². The standard InChI is InChI=1S/C32H34N2/c33-31(25-27-15-5-1-6-16-27)23-13-14-24-34(26-31)32(28-17-7-2-8-18-28,29-19-9-3-10-20-29)30-21-11-4-12-22-30/h1-12,15-22H,13-14,23-26,33H2. The van der Waals surface area contributed by atoms with Gasteiger partial charge in [0.15, 0.2) is 0 Å². The van der Waals surface area contributed by atoms with Crippen LogP contribution in [0.15, 0.2) is 121 Å². The molecule has 1 unspecified atom stereocenters. The molecule has 5 rings (SSSR count). The van der Waals surface area contributed by atoms with Gasteiger partial charge in [-0.1, -0.05) is 128 Å². The van der Waals surface area contributed by atoms with Crippen LogP contribution in [0.3, 0.4) is 0 Å². The van der Waals surface area contributed by atoms with Gasteiger partial charge >= 0.3 is 0 Å². The molecule has 2 heteroatoms. The first-order valence-electron chi connectivity index (χ1n) is 12.5. The summed E-state index contributed by atoms with van der Waals surface area (Å²) >= 11 is 0. The van der Waals surface area contributed by atoms with Crippen LogP contribution in [0.25, 0.3) is 0 Å². The smallest absolute Gasteiger partial charge is 0.0973 e. The van der Waals surface area contributed by atoms with E-state index in [4.69, 9.17) is 5.73 Å². The van der Waals surface area contributed by atoms with Crippen LogP contribution >= 0.6 is 0 Å². The van der Waals surface area contributed by atoms with Gasteiger partial charge in [-0.3, -0.25) is 4.90 Å². The monoisotopic (exact) mass is 446 g/mol. The highest BCUT2D eigenvalue weighted by Gasteiger charge is 2.45. The van der Waals surface area contributed by atoms with Gasteiger partial charge in [-0.05, 0) is 48.1 Å². The Bertz CT molecular complexity index is 1060. The van der Waals surface area contributed by atoms with Crippen molar-refractivity contribution in [2.45, 2.75) is 36.8 Å². The summed E-state index contributed by atoms with van der Waals surface area (Å²) in [5.74, 6) is 0. The minimum absolute atomic E-state index is 0.290. The van der Waals surface area contributed by atoms with E-state index in [0.717, 1.165) is 38.8 Å². The highest BCUT2D eigenvalue weighted by atomic mass is 15.2. The Kier molecular flexibility index (Phi) is 6.62. The molecule has 172 valence electrons. The molecule has 0 spiro atoms. The Morgan fingerprint density at radius 3 is 1.53 bits per heavy atom. The Labute approximate surface area is 204 Å². The van der Waals surface area contributed by atoms with Crippen molar-refractivity contribution in [1.29, 1.82) is 0 Å². The molecule has 0 aromatic heterocycles. The first-order chi connectivity index (χ1) is 16.7. The molecular formula is C32H34N2. The maximum atomic E-state index is 7.27. The number of hydrogen-bond donors (Lipinski definition) is 1. The van der Waals surface area contributed by atoms with Gasteiger partial charge in [-0.2, -0.15) is 0 Å². The Morgan fingerprint density at radius 1 is 0.618 bits per heavy atom. The topological polar surface area (TPSA) is 29.3 Å². The lowest BCUT2D eigenvalue weighted by Crippen LogP contribution is -2.57. The molecule has 1 aliphatic rings. The van der Waals surface area contributed by atoms with E-state index in [1.165, 1.54) is 22.3 Å². The van der Waals surface area contributed by atoms with E-state index < -0.39 is 5.54 Å². The molecule has 2 N–H and O–H groups in total. The molecular weight excluding hydrogens is 412 g/mol. The van der Waals surface area contributed by atoms with Crippen LogP contribution in [0.1, 0.15) is 41.5 Å². The van der Waals surface area contributed by atoms with E-state index in [0.29, 0.717) is 0 Å². The van der Waals surface area contributed by atoms with Crippen LogP contribution in [0.5, 0.6) is 0 Å². The maximum Gasteiger partial charge on any atom is 0.0973 e. The zero-order valence-electron chi connectivity index (χ0n) is 19.8. The number of nitrogens with two attached hydrogens (primary N) is 1. The van der Waals surface area contributed by atoms with Crippen molar-refractivity contribution in [2.75, 3.05) is 13.1 Å². The fourth-order valence-electron chi connectivity index (χ4n) is 5.84. The molecule has 1 fully saturated rings. The second kappa shape index (κ2) is 9.97. The predicted molar refractivity (Wildman–Crippen MR) is 142 cm³/mol. The van der Waals surface area contributed by atoms with E-state index >= 15 is 0 Å². The van der Waals surface area contributed by atoms with Gasteiger partial charge in [-0.15, -0.1) is 0 Å². The van der Waals surface area contributed by atoms with Gasteiger partial charge in [0.2, 0.25) is 0 Å². The van der Waals surface area contributed by atoms with Crippen LogP contribution in [0.4, 0.5) is 0 Å². The summed E-state index contributed by atoms with van der Waals surface area (Å²) in [6, 6.07) is 43.7. The molecule has 0 radical (unpaired) electrons. The van der Waals surface area contributed by atoms with Crippen molar-refractivity contribution in [3.8, 4) is 0 Å². The SMILES string of the molecule is NC1(Cc2ccccc2)CCCCN(C(c2ccccc2)(c2ccccc2)c2ccccc2)C1. The first kappa shape index (κ1) is 22.6. The van der Waals surface area contributed by atoms with Crippen molar-refractivity contribution in [3.05, 3.63) is 144 Å². The molecule has 0 aliphatic carbocycles. The van der Waals surface area contributed by atoms with Crippen molar-refractivity contribution < 1.29 is 0 Å². The third-order valence-electron chi connectivity index (χ3n) is 7.31. The lowest BCUT2D eigenvalue weighted by Gasteiger charge is -2.48. The third-order valence-corrected chi connectivity index (χ3v) is 7.31. The number of likely N-dealkylation sites (tertiary alicyclic amines) is 1. The van der Waals surface area contributed by atoms with E-state index in [9.17, 15) is 0 Å². The molecule has 4 aromatic carbocycles. The lowest BCUT2D eigenvalue weighted by molar-refractivity contribution is 0.130. The normalized spacial score (nSPS) is 19.4. The van der Waals surface area contributed by atoms with Gasteiger partial charge in [0, 0.05) is 12.1 Å². The summed E-state index contributed by atoms with van der Waals surface area (Å²) < 4.78 is 0. The minimum Gasteiger partial charge on any atom is -0.324 e. The summed E-state index contributed by atoms with van der Waals surface area (Å²) in [4.78, 5) is 2.67. The molecule has 0 amide bonds. The molecule has 34 heavy (non-hydrogen) atoms. The second-order valence-electron chi connectivity index (χ2n) is 9.71. The molecule has 1 aliphatic heterocycles. The summed E-state index contributed by atoms with van der Waals surface area (Å²) in [6.07, 6.45) is 4.21. The van der Waals surface area contributed by atoms with Gasteiger partial charge < -0.3 is 5.73 Å². The fraction of sp³-hybridized carbons (Fsp3) is 0.250.